The summed E-state index contributed by atoms with van der Waals surface area (Å²) >= 11 is 0. The first-order valence-electron chi connectivity index (χ1n) is 7.15. The topological polar surface area (TPSA) is 58.1 Å². The standard InChI is InChI=1S/C15H24N4O/c1-10(2)14(20)19-7-11(8-19)18-13-6-12(15(3,4)5)16-9-17-13/h6,9-11H,7-8H2,1-5H3,(H,16,17,18). The van der Waals surface area contributed by atoms with E-state index in [0.29, 0.717) is 6.04 Å². The SMILES string of the molecule is CC(C)C(=O)N1CC(Nc2cc(C(C)(C)C)ncn2)C1. The summed E-state index contributed by atoms with van der Waals surface area (Å²) in [6.07, 6.45) is 1.60. The van der Waals surface area contributed by atoms with Crippen LogP contribution in [0.4, 0.5) is 5.82 Å². The summed E-state index contributed by atoms with van der Waals surface area (Å²) in [5.74, 6) is 1.13. The van der Waals surface area contributed by atoms with Gasteiger partial charge in [0.25, 0.3) is 0 Å². The molecule has 5 heteroatoms. The number of nitrogens with one attached hydrogen (secondary N) is 1. The molecule has 0 atom stereocenters. The highest BCUT2D eigenvalue weighted by Gasteiger charge is 2.31. The molecule has 1 aromatic rings. The molecule has 0 bridgehead atoms. The van der Waals surface area contributed by atoms with Crippen LogP contribution >= 0.6 is 0 Å². The van der Waals surface area contributed by atoms with Crippen LogP contribution in [0.15, 0.2) is 12.4 Å². The van der Waals surface area contributed by atoms with Crippen molar-refractivity contribution in [2.45, 2.75) is 46.1 Å². The van der Waals surface area contributed by atoms with Crippen molar-refractivity contribution in [1.82, 2.24) is 14.9 Å². The predicted octanol–water partition coefficient (Wildman–Crippen LogP) is 2.05. The Hall–Kier alpha value is -1.65. The average molecular weight is 276 g/mol. The van der Waals surface area contributed by atoms with Crippen LogP contribution in [-0.2, 0) is 10.2 Å². The van der Waals surface area contributed by atoms with Gasteiger partial charge in [-0.05, 0) is 0 Å². The third-order valence-electron chi connectivity index (χ3n) is 3.47. The molecule has 0 unspecified atom stereocenters. The maximum absolute atomic E-state index is 11.8. The van der Waals surface area contributed by atoms with Gasteiger partial charge in [0.2, 0.25) is 5.91 Å². The van der Waals surface area contributed by atoms with E-state index >= 15 is 0 Å². The van der Waals surface area contributed by atoms with Crippen LogP contribution in [0.1, 0.15) is 40.3 Å². The van der Waals surface area contributed by atoms with Gasteiger partial charge in [0, 0.05) is 30.5 Å². The molecule has 1 fully saturated rings. The Morgan fingerprint density at radius 2 is 2.00 bits per heavy atom. The zero-order chi connectivity index (χ0) is 14.9. The maximum Gasteiger partial charge on any atom is 0.225 e. The smallest absolute Gasteiger partial charge is 0.225 e. The summed E-state index contributed by atoms with van der Waals surface area (Å²) in [5.41, 5.74) is 1.03. The second-order valence-corrected chi connectivity index (χ2v) is 6.78. The Morgan fingerprint density at radius 3 is 2.55 bits per heavy atom. The molecule has 20 heavy (non-hydrogen) atoms. The van der Waals surface area contributed by atoms with Gasteiger partial charge in [0.15, 0.2) is 0 Å². The molecule has 1 amide bonds. The van der Waals surface area contributed by atoms with Gasteiger partial charge >= 0.3 is 0 Å². The largest absolute Gasteiger partial charge is 0.364 e. The number of hydrogen-bond donors (Lipinski definition) is 1. The number of carbonyl (C=O) groups is 1. The lowest BCUT2D eigenvalue weighted by Gasteiger charge is -2.40. The van der Waals surface area contributed by atoms with E-state index in [-0.39, 0.29) is 17.2 Å². The number of aromatic nitrogens is 2. The average Bonchev–Trinajstić information content (AvgIpc) is 2.31. The molecular weight excluding hydrogens is 252 g/mol. The van der Waals surface area contributed by atoms with Gasteiger partial charge in [-0.15, -0.1) is 0 Å². The Kier molecular flexibility index (Phi) is 3.97. The first-order valence-corrected chi connectivity index (χ1v) is 7.15. The van der Waals surface area contributed by atoms with Gasteiger partial charge in [-0.1, -0.05) is 34.6 Å². The number of carbonyl (C=O) groups excluding carboxylic acids is 1. The van der Waals surface area contributed by atoms with E-state index < -0.39 is 0 Å². The van der Waals surface area contributed by atoms with E-state index in [1.807, 2.05) is 24.8 Å². The van der Waals surface area contributed by atoms with Crippen molar-refractivity contribution in [3.8, 4) is 0 Å². The van der Waals surface area contributed by atoms with Gasteiger partial charge < -0.3 is 10.2 Å². The van der Waals surface area contributed by atoms with Gasteiger partial charge in [-0.25, -0.2) is 9.97 Å². The molecule has 1 aliphatic heterocycles. The number of amides is 1. The van der Waals surface area contributed by atoms with E-state index in [4.69, 9.17) is 0 Å². The van der Waals surface area contributed by atoms with E-state index in [1.54, 1.807) is 6.33 Å². The highest BCUT2D eigenvalue weighted by Crippen LogP contribution is 2.22. The molecule has 1 N–H and O–H groups in total. The van der Waals surface area contributed by atoms with Crippen LogP contribution in [0.25, 0.3) is 0 Å². The zero-order valence-electron chi connectivity index (χ0n) is 13.0. The maximum atomic E-state index is 11.8. The molecular formula is C15H24N4O. The van der Waals surface area contributed by atoms with Crippen molar-refractivity contribution in [3.05, 3.63) is 18.1 Å². The van der Waals surface area contributed by atoms with E-state index in [0.717, 1.165) is 24.6 Å². The number of rotatable bonds is 3. The number of anilines is 1. The van der Waals surface area contributed by atoms with Crippen LogP contribution in [0.2, 0.25) is 0 Å². The van der Waals surface area contributed by atoms with Crippen molar-refractivity contribution < 1.29 is 4.79 Å². The zero-order valence-corrected chi connectivity index (χ0v) is 13.0. The Labute approximate surface area is 120 Å². The Bertz CT molecular complexity index is 487. The normalized spacial score (nSPS) is 16.2. The highest BCUT2D eigenvalue weighted by molar-refractivity contribution is 5.79. The molecule has 2 heterocycles. The van der Waals surface area contributed by atoms with Crippen LogP contribution < -0.4 is 5.32 Å². The molecule has 0 spiro atoms. The fourth-order valence-corrected chi connectivity index (χ4v) is 2.17. The molecule has 0 aliphatic carbocycles. The number of hydrogen-bond acceptors (Lipinski definition) is 4. The van der Waals surface area contributed by atoms with Crippen molar-refractivity contribution >= 4 is 11.7 Å². The molecule has 0 radical (unpaired) electrons. The first kappa shape index (κ1) is 14.8. The third-order valence-corrected chi connectivity index (χ3v) is 3.47. The summed E-state index contributed by atoms with van der Waals surface area (Å²) in [5, 5.41) is 3.37. The second-order valence-electron chi connectivity index (χ2n) is 6.78. The summed E-state index contributed by atoms with van der Waals surface area (Å²) in [7, 11) is 0. The molecule has 5 nitrogen and oxygen atoms in total. The summed E-state index contributed by atoms with van der Waals surface area (Å²) < 4.78 is 0. The highest BCUT2D eigenvalue weighted by atomic mass is 16.2. The molecule has 0 aromatic carbocycles. The minimum absolute atomic E-state index is 0.0125. The summed E-state index contributed by atoms with van der Waals surface area (Å²) in [6, 6.07) is 2.29. The predicted molar refractivity (Wildman–Crippen MR) is 79.6 cm³/mol. The minimum atomic E-state index is 0.0125. The van der Waals surface area contributed by atoms with Crippen molar-refractivity contribution in [3.63, 3.8) is 0 Å². The van der Waals surface area contributed by atoms with Gasteiger partial charge in [0.05, 0.1) is 11.7 Å². The Morgan fingerprint density at radius 1 is 1.35 bits per heavy atom. The summed E-state index contributed by atoms with van der Waals surface area (Å²) in [4.78, 5) is 22.2. The van der Waals surface area contributed by atoms with Crippen LogP contribution in [0, 0.1) is 5.92 Å². The fourth-order valence-electron chi connectivity index (χ4n) is 2.17. The first-order chi connectivity index (χ1) is 9.27. The lowest BCUT2D eigenvalue weighted by atomic mass is 9.92. The fraction of sp³-hybridized carbons (Fsp3) is 0.667. The summed E-state index contributed by atoms with van der Waals surface area (Å²) in [6.45, 7) is 11.8. The molecule has 1 aromatic heterocycles. The lowest BCUT2D eigenvalue weighted by Crippen LogP contribution is -2.58. The van der Waals surface area contributed by atoms with Crippen LogP contribution in [0.5, 0.6) is 0 Å². The molecule has 1 saturated heterocycles. The quantitative estimate of drug-likeness (QED) is 0.918. The van der Waals surface area contributed by atoms with Crippen LogP contribution in [-0.4, -0.2) is 39.9 Å². The molecule has 0 saturated carbocycles. The molecule has 110 valence electrons. The van der Waals surface area contributed by atoms with Gasteiger partial charge in [-0.2, -0.15) is 0 Å². The van der Waals surface area contributed by atoms with Crippen molar-refractivity contribution in [2.75, 3.05) is 18.4 Å². The van der Waals surface area contributed by atoms with Gasteiger partial charge in [-0.3, -0.25) is 4.79 Å². The van der Waals surface area contributed by atoms with Crippen molar-refractivity contribution in [2.24, 2.45) is 5.92 Å². The third kappa shape index (κ3) is 3.26. The second kappa shape index (κ2) is 5.38. The Balaban J connectivity index is 1.92. The molecule has 2 rings (SSSR count). The van der Waals surface area contributed by atoms with Crippen molar-refractivity contribution in [1.29, 1.82) is 0 Å². The minimum Gasteiger partial charge on any atom is -0.364 e. The van der Waals surface area contributed by atoms with Crippen LogP contribution in [0.3, 0.4) is 0 Å². The van der Waals surface area contributed by atoms with E-state index in [1.165, 1.54) is 0 Å². The van der Waals surface area contributed by atoms with E-state index in [9.17, 15) is 4.79 Å². The molecule has 1 aliphatic rings. The number of likely N-dealkylation sites (tertiary alicyclic amines) is 1. The van der Waals surface area contributed by atoms with Gasteiger partial charge in [0.1, 0.15) is 12.1 Å². The van der Waals surface area contributed by atoms with E-state index in [2.05, 4.69) is 36.1 Å². The monoisotopic (exact) mass is 276 g/mol. The lowest BCUT2D eigenvalue weighted by molar-refractivity contribution is -0.138. The number of nitrogens with zero attached hydrogens (tertiary/aromatic N) is 3.